The van der Waals surface area contributed by atoms with Gasteiger partial charge < -0.3 is 16.0 Å². The van der Waals surface area contributed by atoms with Gasteiger partial charge in [-0.2, -0.15) is 0 Å². The van der Waals surface area contributed by atoms with Crippen LogP contribution in [0.1, 0.15) is 39.5 Å². The molecule has 19 heavy (non-hydrogen) atoms. The molecule has 1 rings (SSSR count). The van der Waals surface area contributed by atoms with Crippen LogP contribution in [0.15, 0.2) is 0 Å². The van der Waals surface area contributed by atoms with E-state index in [1.807, 2.05) is 11.8 Å². The third-order valence-corrected chi connectivity index (χ3v) is 3.54. The molecule has 0 spiro atoms. The Hall–Kier alpha value is -0.810. The van der Waals surface area contributed by atoms with Crippen molar-refractivity contribution in [3.05, 3.63) is 0 Å². The smallest absolute Gasteiger partial charge is 0.223 e. The average molecular weight is 292 g/mol. The number of nitrogens with one attached hydrogen (secondary N) is 1. The van der Waals surface area contributed by atoms with Crippen molar-refractivity contribution < 1.29 is 9.59 Å². The molecule has 112 valence electrons. The van der Waals surface area contributed by atoms with Crippen molar-refractivity contribution in [3.8, 4) is 0 Å². The van der Waals surface area contributed by atoms with Gasteiger partial charge in [-0.3, -0.25) is 9.59 Å². The summed E-state index contributed by atoms with van der Waals surface area (Å²) in [7, 11) is 0. The first kappa shape index (κ1) is 18.2. The van der Waals surface area contributed by atoms with Gasteiger partial charge in [0.1, 0.15) is 0 Å². The lowest BCUT2D eigenvalue weighted by molar-refractivity contribution is -0.133. The molecule has 0 bridgehead atoms. The fourth-order valence-corrected chi connectivity index (χ4v) is 2.13. The number of hydrogen-bond donors (Lipinski definition) is 2. The van der Waals surface area contributed by atoms with Crippen LogP contribution in [-0.2, 0) is 9.59 Å². The summed E-state index contributed by atoms with van der Waals surface area (Å²) in [5.41, 5.74) is 5.76. The number of carbonyl (C=O) groups excluding carboxylic acids is 2. The minimum atomic E-state index is -0.0361. The van der Waals surface area contributed by atoms with E-state index >= 15 is 0 Å². The van der Waals surface area contributed by atoms with Gasteiger partial charge in [0.2, 0.25) is 11.8 Å². The van der Waals surface area contributed by atoms with Gasteiger partial charge in [-0.25, -0.2) is 0 Å². The van der Waals surface area contributed by atoms with E-state index in [9.17, 15) is 9.59 Å². The highest BCUT2D eigenvalue weighted by Crippen LogP contribution is 2.28. The van der Waals surface area contributed by atoms with Gasteiger partial charge in [0, 0.05) is 32.5 Å². The van der Waals surface area contributed by atoms with E-state index in [4.69, 9.17) is 5.73 Å². The molecular weight excluding hydrogens is 266 g/mol. The Morgan fingerprint density at radius 1 is 1.37 bits per heavy atom. The third-order valence-electron chi connectivity index (χ3n) is 3.54. The van der Waals surface area contributed by atoms with Crippen LogP contribution < -0.4 is 11.1 Å². The summed E-state index contributed by atoms with van der Waals surface area (Å²) in [4.78, 5) is 25.2. The summed E-state index contributed by atoms with van der Waals surface area (Å²) in [5.74, 6) is 0.0322. The molecule has 0 aromatic carbocycles. The number of rotatable bonds is 6. The van der Waals surface area contributed by atoms with Crippen molar-refractivity contribution in [2.45, 2.75) is 39.5 Å². The predicted octanol–water partition coefficient (Wildman–Crippen LogP) is 0.912. The van der Waals surface area contributed by atoms with Crippen LogP contribution in [0, 0.1) is 5.41 Å². The van der Waals surface area contributed by atoms with Crippen LogP contribution in [0.4, 0.5) is 0 Å². The predicted molar refractivity (Wildman–Crippen MR) is 78.1 cm³/mol. The number of nitrogens with zero attached hydrogens (tertiary/aromatic N) is 1. The van der Waals surface area contributed by atoms with E-state index in [1.54, 1.807) is 0 Å². The zero-order chi connectivity index (χ0) is 13.6. The highest BCUT2D eigenvalue weighted by molar-refractivity contribution is 5.85. The molecule has 0 saturated carbocycles. The van der Waals surface area contributed by atoms with E-state index in [0.29, 0.717) is 19.5 Å². The zero-order valence-electron chi connectivity index (χ0n) is 11.9. The Balaban J connectivity index is 0.00000324. The van der Waals surface area contributed by atoms with Gasteiger partial charge in [0.15, 0.2) is 0 Å². The largest absolute Gasteiger partial charge is 0.356 e. The molecule has 1 atom stereocenters. The standard InChI is InChI=1S/C13H25N3O2.ClH/c1-3-7-15-11(17)4-5-12(18)16-8-6-13(2,9-14)10-16;/h3-10,14H2,1-2H3,(H,15,17);1H. The van der Waals surface area contributed by atoms with E-state index in [2.05, 4.69) is 12.2 Å². The first-order valence-electron chi connectivity index (χ1n) is 6.75. The molecule has 6 heteroatoms. The second-order valence-electron chi connectivity index (χ2n) is 5.43. The number of nitrogens with two attached hydrogens (primary N) is 1. The maximum atomic E-state index is 11.9. The molecule has 0 aromatic rings. The van der Waals surface area contributed by atoms with Gasteiger partial charge in [-0.15, -0.1) is 12.4 Å². The van der Waals surface area contributed by atoms with Crippen LogP contribution in [0.2, 0.25) is 0 Å². The van der Waals surface area contributed by atoms with Crippen LogP contribution in [-0.4, -0.2) is 42.9 Å². The molecule has 1 aliphatic heterocycles. The Morgan fingerprint density at radius 2 is 2.05 bits per heavy atom. The highest BCUT2D eigenvalue weighted by Gasteiger charge is 2.34. The quantitative estimate of drug-likeness (QED) is 0.764. The molecule has 1 fully saturated rings. The maximum Gasteiger partial charge on any atom is 0.223 e. The summed E-state index contributed by atoms with van der Waals surface area (Å²) >= 11 is 0. The van der Waals surface area contributed by atoms with Crippen LogP contribution in [0.3, 0.4) is 0 Å². The Morgan fingerprint density at radius 3 is 2.58 bits per heavy atom. The lowest BCUT2D eigenvalue weighted by Gasteiger charge is -2.22. The Bertz CT molecular complexity index is 312. The Labute approximate surface area is 121 Å². The molecule has 0 aromatic heterocycles. The van der Waals surface area contributed by atoms with Gasteiger partial charge >= 0.3 is 0 Å². The van der Waals surface area contributed by atoms with Crippen molar-refractivity contribution in [1.82, 2.24) is 10.2 Å². The van der Waals surface area contributed by atoms with Crippen molar-refractivity contribution in [2.75, 3.05) is 26.2 Å². The van der Waals surface area contributed by atoms with Crippen molar-refractivity contribution in [2.24, 2.45) is 11.1 Å². The summed E-state index contributed by atoms with van der Waals surface area (Å²) < 4.78 is 0. The molecule has 3 N–H and O–H groups in total. The Kier molecular flexibility index (Phi) is 8.02. The third kappa shape index (κ3) is 5.78. The minimum absolute atomic E-state index is 0. The molecule has 1 unspecified atom stereocenters. The van der Waals surface area contributed by atoms with E-state index < -0.39 is 0 Å². The molecule has 1 saturated heterocycles. The second-order valence-corrected chi connectivity index (χ2v) is 5.43. The van der Waals surface area contributed by atoms with Crippen LogP contribution in [0.25, 0.3) is 0 Å². The van der Waals surface area contributed by atoms with E-state index in [-0.39, 0.29) is 36.1 Å². The normalized spacial score (nSPS) is 21.9. The summed E-state index contributed by atoms with van der Waals surface area (Å²) in [6, 6.07) is 0. The monoisotopic (exact) mass is 291 g/mol. The minimum Gasteiger partial charge on any atom is -0.356 e. The SMILES string of the molecule is CCCNC(=O)CCC(=O)N1CCC(C)(CN)C1.Cl. The summed E-state index contributed by atoms with van der Waals surface area (Å²) in [5, 5.41) is 2.78. The fourth-order valence-electron chi connectivity index (χ4n) is 2.13. The second kappa shape index (κ2) is 8.38. The van der Waals surface area contributed by atoms with Crippen molar-refractivity contribution >= 4 is 24.2 Å². The van der Waals surface area contributed by atoms with Crippen LogP contribution in [0.5, 0.6) is 0 Å². The van der Waals surface area contributed by atoms with Gasteiger partial charge in [0.25, 0.3) is 0 Å². The molecule has 1 heterocycles. The first-order chi connectivity index (χ1) is 8.50. The van der Waals surface area contributed by atoms with Gasteiger partial charge in [-0.05, 0) is 24.8 Å². The maximum absolute atomic E-state index is 11.9. The molecule has 0 radical (unpaired) electrons. The van der Waals surface area contributed by atoms with Crippen LogP contribution >= 0.6 is 12.4 Å². The lowest BCUT2D eigenvalue weighted by atomic mass is 9.90. The molecule has 2 amide bonds. The fraction of sp³-hybridized carbons (Fsp3) is 0.846. The summed E-state index contributed by atoms with van der Waals surface area (Å²) in [6.07, 6.45) is 2.46. The van der Waals surface area contributed by atoms with Gasteiger partial charge in [0.05, 0.1) is 0 Å². The lowest BCUT2D eigenvalue weighted by Crippen LogP contribution is -2.35. The molecule has 5 nitrogen and oxygen atoms in total. The molecular formula is C13H26ClN3O2. The number of carbonyl (C=O) groups is 2. The van der Waals surface area contributed by atoms with E-state index in [1.165, 1.54) is 0 Å². The number of amides is 2. The van der Waals surface area contributed by atoms with E-state index in [0.717, 1.165) is 25.9 Å². The average Bonchev–Trinajstić information content (AvgIpc) is 2.77. The highest BCUT2D eigenvalue weighted by atomic mass is 35.5. The number of halogens is 1. The van der Waals surface area contributed by atoms with Gasteiger partial charge in [-0.1, -0.05) is 13.8 Å². The summed E-state index contributed by atoms with van der Waals surface area (Å²) in [6.45, 7) is 6.88. The van der Waals surface area contributed by atoms with Crippen molar-refractivity contribution in [3.63, 3.8) is 0 Å². The first-order valence-corrected chi connectivity index (χ1v) is 6.75. The molecule has 1 aliphatic rings. The number of likely N-dealkylation sites (tertiary alicyclic amines) is 1. The zero-order valence-corrected chi connectivity index (χ0v) is 12.7. The number of hydrogen-bond acceptors (Lipinski definition) is 3. The topological polar surface area (TPSA) is 75.4 Å². The van der Waals surface area contributed by atoms with Crippen molar-refractivity contribution in [1.29, 1.82) is 0 Å². The molecule has 0 aliphatic carbocycles.